The molecule has 15 heavy (non-hydrogen) atoms. The molecule has 2 heterocycles. The number of halogens is 1. The van der Waals surface area contributed by atoms with Gasteiger partial charge >= 0.3 is 5.97 Å². The van der Waals surface area contributed by atoms with Crippen LogP contribution >= 0.6 is 22.6 Å². The minimum atomic E-state index is -0.402. The van der Waals surface area contributed by atoms with E-state index in [4.69, 9.17) is 0 Å². The summed E-state index contributed by atoms with van der Waals surface area (Å²) in [6.45, 7) is 1.98. The number of carbonyl (C=O) groups excluding carboxylic acids is 1. The number of aryl methyl sites for hydroxylation is 1. The average Bonchev–Trinajstić information content (AvgIpc) is 2.54. The molecule has 0 unspecified atom stereocenters. The summed E-state index contributed by atoms with van der Waals surface area (Å²) in [5, 5.41) is 4.18. The average molecular weight is 316 g/mol. The van der Waals surface area contributed by atoms with Crippen LogP contribution in [0, 0.1) is 10.5 Å². The Labute approximate surface area is 100 Å². The van der Waals surface area contributed by atoms with Gasteiger partial charge < -0.3 is 4.74 Å². The minimum absolute atomic E-state index is 0.365. The number of nitrogens with zero attached hydrogens (tertiary/aromatic N) is 2. The van der Waals surface area contributed by atoms with Crippen LogP contribution in [0.4, 0.5) is 0 Å². The van der Waals surface area contributed by atoms with Crippen molar-refractivity contribution < 1.29 is 9.53 Å². The number of aromatic nitrogens is 2. The van der Waals surface area contributed by atoms with Gasteiger partial charge in [0.1, 0.15) is 0 Å². The molecule has 0 saturated heterocycles. The Kier molecular flexibility index (Phi) is 2.64. The Balaban J connectivity index is 2.69. The second kappa shape index (κ2) is 3.80. The molecule has 0 radical (unpaired) electrons. The van der Waals surface area contributed by atoms with Crippen molar-refractivity contribution in [2.75, 3.05) is 7.11 Å². The molecule has 0 aliphatic carbocycles. The Morgan fingerprint density at radius 2 is 2.27 bits per heavy atom. The maximum atomic E-state index is 11.4. The standard InChI is InChI=1S/C10H9IN2O2/c1-6-3-4-7-8(11)9(10(14)15-2)12-13(7)5-6/h3-5H,1-2H3. The maximum Gasteiger partial charge on any atom is 0.359 e. The van der Waals surface area contributed by atoms with Gasteiger partial charge in [0.25, 0.3) is 0 Å². The van der Waals surface area contributed by atoms with E-state index in [1.807, 2.05) is 25.3 Å². The zero-order valence-electron chi connectivity index (χ0n) is 8.32. The molecule has 0 atom stereocenters. The van der Waals surface area contributed by atoms with E-state index >= 15 is 0 Å². The Hall–Kier alpha value is -1.11. The molecule has 0 aliphatic rings. The highest BCUT2D eigenvalue weighted by Crippen LogP contribution is 2.19. The fourth-order valence-electron chi connectivity index (χ4n) is 1.35. The summed E-state index contributed by atoms with van der Waals surface area (Å²) in [5.41, 5.74) is 2.38. The van der Waals surface area contributed by atoms with Crippen LogP contribution in [0.25, 0.3) is 5.52 Å². The van der Waals surface area contributed by atoms with E-state index in [1.165, 1.54) is 7.11 Å². The molecule has 2 aromatic heterocycles. The second-order valence-electron chi connectivity index (χ2n) is 3.19. The summed E-state index contributed by atoms with van der Waals surface area (Å²) in [5.74, 6) is -0.402. The van der Waals surface area contributed by atoms with Crippen molar-refractivity contribution in [1.29, 1.82) is 0 Å². The third-order valence-electron chi connectivity index (χ3n) is 2.10. The van der Waals surface area contributed by atoms with Crippen molar-refractivity contribution in [2.24, 2.45) is 0 Å². The number of hydrogen-bond donors (Lipinski definition) is 0. The van der Waals surface area contributed by atoms with E-state index in [2.05, 4.69) is 32.4 Å². The number of pyridine rings is 1. The largest absolute Gasteiger partial charge is 0.464 e. The van der Waals surface area contributed by atoms with Gasteiger partial charge in [-0.15, -0.1) is 0 Å². The molecule has 0 spiro atoms. The summed E-state index contributed by atoms with van der Waals surface area (Å²) in [6, 6.07) is 3.93. The lowest BCUT2D eigenvalue weighted by Gasteiger charge is -1.93. The SMILES string of the molecule is COC(=O)c1nn2cc(C)ccc2c1I. The van der Waals surface area contributed by atoms with Crippen LogP contribution in [0.2, 0.25) is 0 Å². The van der Waals surface area contributed by atoms with Crippen molar-refractivity contribution in [3.63, 3.8) is 0 Å². The fraction of sp³-hybridized carbons (Fsp3) is 0.200. The first-order chi connectivity index (χ1) is 7.13. The van der Waals surface area contributed by atoms with Crippen LogP contribution in [-0.4, -0.2) is 22.7 Å². The zero-order valence-corrected chi connectivity index (χ0v) is 10.5. The monoisotopic (exact) mass is 316 g/mol. The highest BCUT2D eigenvalue weighted by molar-refractivity contribution is 14.1. The van der Waals surface area contributed by atoms with E-state index in [0.29, 0.717) is 5.69 Å². The van der Waals surface area contributed by atoms with Crippen molar-refractivity contribution in [1.82, 2.24) is 9.61 Å². The molecule has 0 amide bonds. The number of esters is 1. The molecule has 78 valence electrons. The van der Waals surface area contributed by atoms with E-state index < -0.39 is 5.97 Å². The highest BCUT2D eigenvalue weighted by Gasteiger charge is 2.17. The van der Waals surface area contributed by atoms with Crippen molar-refractivity contribution in [2.45, 2.75) is 6.92 Å². The number of carbonyl (C=O) groups is 1. The van der Waals surface area contributed by atoms with E-state index in [0.717, 1.165) is 14.7 Å². The van der Waals surface area contributed by atoms with Crippen molar-refractivity contribution in [3.8, 4) is 0 Å². The van der Waals surface area contributed by atoms with Gasteiger partial charge in [-0.05, 0) is 41.1 Å². The van der Waals surface area contributed by atoms with Gasteiger partial charge in [0, 0.05) is 6.20 Å². The van der Waals surface area contributed by atoms with Crippen LogP contribution in [0.3, 0.4) is 0 Å². The molecule has 0 aliphatic heterocycles. The van der Waals surface area contributed by atoms with Crippen LogP contribution in [0.15, 0.2) is 18.3 Å². The summed E-state index contributed by atoms with van der Waals surface area (Å²) in [4.78, 5) is 11.4. The van der Waals surface area contributed by atoms with Gasteiger partial charge in [0.2, 0.25) is 0 Å². The van der Waals surface area contributed by atoms with Crippen LogP contribution in [0.5, 0.6) is 0 Å². The van der Waals surface area contributed by atoms with Crippen LogP contribution in [-0.2, 0) is 4.74 Å². The van der Waals surface area contributed by atoms with Gasteiger partial charge in [0.15, 0.2) is 5.69 Å². The lowest BCUT2D eigenvalue weighted by atomic mass is 10.3. The Morgan fingerprint density at radius 3 is 2.93 bits per heavy atom. The van der Waals surface area contributed by atoms with E-state index in [-0.39, 0.29) is 0 Å². The molecule has 0 bridgehead atoms. The summed E-state index contributed by atoms with van der Waals surface area (Å²) < 4.78 is 7.17. The lowest BCUT2D eigenvalue weighted by Crippen LogP contribution is -2.03. The molecule has 2 rings (SSSR count). The van der Waals surface area contributed by atoms with Gasteiger partial charge in [-0.3, -0.25) is 0 Å². The van der Waals surface area contributed by atoms with Crippen LogP contribution in [0.1, 0.15) is 16.1 Å². The Bertz CT molecular complexity index is 533. The topological polar surface area (TPSA) is 43.6 Å². The van der Waals surface area contributed by atoms with Gasteiger partial charge in [-0.2, -0.15) is 5.10 Å². The molecule has 0 N–H and O–H groups in total. The quantitative estimate of drug-likeness (QED) is 0.597. The third-order valence-corrected chi connectivity index (χ3v) is 3.16. The van der Waals surface area contributed by atoms with Crippen molar-refractivity contribution in [3.05, 3.63) is 33.2 Å². The zero-order chi connectivity index (χ0) is 11.0. The molecule has 0 saturated carbocycles. The number of methoxy groups -OCH3 is 1. The second-order valence-corrected chi connectivity index (χ2v) is 4.27. The predicted molar refractivity (Wildman–Crippen MR) is 64.0 cm³/mol. The number of ether oxygens (including phenoxy) is 1. The van der Waals surface area contributed by atoms with E-state index in [9.17, 15) is 4.79 Å². The summed E-state index contributed by atoms with van der Waals surface area (Å²) >= 11 is 2.10. The minimum Gasteiger partial charge on any atom is -0.464 e. The molecule has 0 fully saturated rings. The third kappa shape index (κ3) is 1.71. The van der Waals surface area contributed by atoms with Crippen molar-refractivity contribution >= 4 is 34.1 Å². The lowest BCUT2D eigenvalue weighted by molar-refractivity contribution is 0.0592. The molecule has 4 nitrogen and oxygen atoms in total. The molecule has 2 aromatic rings. The summed E-state index contributed by atoms with van der Waals surface area (Å²) in [6.07, 6.45) is 1.88. The molecular weight excluding hydrogens is 307 g/mol. The molecule has 0 aromatic carbocycles. The maximum absolute atomic E-state index is 11.4. The van der Waals surface area contributed by atoms with Gasteiger partial charge in [0.05, 0.1) is 16.2 Å². The smallest absolute Gasteiger partial charge is 0.359 e. The molecular formula is C10H9IN2O2. The van der Waals surface area contributed by atoms with Gasteiger partial charge in [-0.1, -0.05) is 6.07 Å². The molecule has 5 heteroatoms. The van der Waals surface area contributed by atoms with Gasteiger partial charge in [-0.25, -0.2) is 9.31 Å². The highest BCUT2D eigenvalue weighted by atomic mass is 127. The van der Waals surface area contributed by atoms with E-state index in [1.54, 1.807) is 4.52 Å². The van der Waals surface area contributed by atoms with Crippen LogP contribution < -0.4 is 0 Å². The number of rotatable bonds is 1. The fourth-order valence-corrected chi connectivity index (χ4v) is 2.10. The predicted octanol–water partition coefficient (Wildman–Crippen LogP) is 2.03. The first-order valence-electron chi connectivity index (χ1n) is 4.36. The Morgan fingerprint density at radius 1 is 1.53 bits per heavy atom. The number of hydrogen-bond acceptors (Lipinski definition) is 3. The summed E-state index contributed by atoms with van der Waals surface area (Å²) in [7, 11) is 1.35. The first kappa shape index (κ1) is 10.4. The number of fused-ring (bicyclic) bond motifs is 1. The normalized spacial score (nSPS) is 10.6. The first-order valence-corrected chi connectivity index (χ1v) is 5.44.